The average Bonchev–Trinajstić information content (AvgIpc) is 3.00. The molecule has 0 spiro atoms. The van der Waals surface area contributed by atoms with Crippen molar-refractivity contribution in [1.82, 2.24) is 24.8 Å². The first-order chi connectivity index (χ1) is 10.7. The van der Waals surface area contributed by atoms with E-state index in [0.717, 1.165) is 5.56 Å². The van der Waals surface area contributed by atoms with Crippen molar-refractivity contribution >= 4 is 23.5 Å². The molecule has 112 valence electrons. The molecule has 0 aliphatic carbocycles. The second kappa shape index (κ2) is 6.21. The standard InChI is InChI=1S/C15H16N6O/c1-21(2)10-18-15-19-13-12(16-9-17-13)14(20-15)22-8-11-6-4-3-5-7-11/h3-7,9-10H,8H2,1-2H3,(H,16,17,19,20)/b18-10+. The molecule has 2 heterocycles. The molecule has 0 fully saturated rings. The van der Waals surface area contributed by atoms with Gasteiger partial charge in [-0.1, -0.05) is 30.3 Å². The number of rotatable bonds is 5. The monoisotopic (exact) mass is 296 g/mol. The third kappa shape index (κ3) is 3.20. The average molecular weight is 296 g/mol. The van der Waals surface area contributed by atoms with Crippen molar-refractivity contribution in [3.05, 3.63) is 42.2 Å². The molecule has 0 amide bonds. The number of ether oxygens (including phenoxy) is 1. The fourth-order valence-electron chi connectivity index (χ4n) is 1.85. The number of hydrogen-bond donors (Lipinski definition) is 1. The molecule has 0 bridgehead atoms. The molecule has 0 saturated heterocycles. The van der Waals surface area contributed by atoms with Crippen molar-refractivity contribution in [2.24, 2.45) is 4.99 Å². The molecule has 7 nitrogen and oxygen atoms in total. The van der Waals surface area contributed by atoms with Gasteiger partial charge < -0.3 is 14.6 Å². The number of aliphatic imine (C=N–C) groups is 1. The maximum atomic E-state index is 5.80. The lowest BCUT2D eigenvalue weighted by molar-refractivity contribution is 0.297. The fourth-order valence-corrected chi connectivity index (χ4v) is 1.85. The second-order valence-corrected chi connectivity index (χ2v) is 4.91. The van der Waals surface area contributed by atoms with Crippen LogP contribution in [0.4, 0.5) is 5.95 Å². The molecule has 3 rings (SSSR count). The van der Waals surface area contributed by atoms with Gasteiger partial charge in [0.1, 0.15) is 12.1 Å². The summed E-state index contributed by atoms with van der Waals surface area (Å²) in [5, 5.41) is 0. The Morgan fingerprint density at radius 1 is 1.23 bits per heavy atom. The van der Waals surface area contributed by atoms with E-state index in [-0.39, 0.29) is 0 Å². The minimum Gasteiger partial charge on any atom is -0.471 e. The lowest BCUT2D eigenvalue weighted by Crippen LogP contribution is -2.07. The maximum Gasteiger partial charge on any atom is 0.256 e. The van der Waals surface area contributed by atoms with Gasteiger partial charge in [-0.2, -0.15) is 9.97 Å². The Hall–Kier alpha value is -2.96. The summed E-state index contributed by atoms with van der Waals surface area (Å²) < 4.78 is 5.80. The first-order valence-corrected chi connectivity index (χ1v) is 6.81. The number of nitrogens with one attached hydrogen (secondary N) is 1. The summed E-state index contributed by atoms with van der Waals surface area (Å²) in [6.45, 7) is 0.419. The van der Waals surface area contributed by atoms with Gasteiger partial charge in [0.2, 0.25) is 5.88 Å². The lowest BCUT2D eigenvalue weighted by atomic mass is 10.2. The minimum atomic E-state index is 0.316. The van der Waals surface area contributed by atoms with Crippen molar-refractivity contribution < 1.29 is 4.74 Å². The van der Waals surface area contributed by atoms with E-state index in [0.29, 0.717) is 29.6 Å². The molecule has 0 atom stereocenters. The topological polar surface area (TPSA) is 79.3 Å². The molecule has 1 aromatic carbocycles. The molecule has 0 unspecified atom stereocenters. The zero-order chi connectivity index (χ0) is 15.4. The molecular weight excluding hydrogens is 280 g/mol. The minimum absolute atomic E-state index is 0.316. The normalized spacial score (nSPS) is 11.2. The molecule has 2 aromatic heterocycles. The summed E-state index contributed by atoms with van der Waals surface area (Å²) in [5.74, 6) is 0.758. The number of H-pyrrole nitrogens is 1. The van der Waals surface area contributed by atoms with E-state index in [9.17, 15) is 0 Å². The highest BCUT2D eigenvalue weighted by molar-refractivity contribution is 5.77. The molecule has 0 aliphatic heterocycles. The number of aromatic nitrogens is 4. The number of nitrogens with zero attached hydrogens (tertiary/aromatic N) is 5. The summed E-state index contributed by atoms with van der Waals surface area (Å²) in [5.41, 5.74) is 2.26. The Balaban J connectivity index is 1.88. The molecule has 22 heavy (non-hydrogen) atoms. The van der Waals surface area contributed by atoms with Crippen LogP contribution in [0.25, 0.3) is 11.2 Å². The number of hydrogen-bond acceptors (Lipinski definition) is 5. The van der Waals surface area contributed by atoms with Gasteiger partial charge in [-0.3, -0.25) is 0 Å². The summed E-state index contributed by atoms with van der Waals surface area (Å²) in [4.78, 5) is 21.7. The first kappa shape index (κ1) is 14.0. The fraction of sp³-hybridized carbons (Fsp3) is 0.200. The summed E-state index contributed by atoms with van der Waals surface area (Å²) >= 11 is 0. The highest BCUT2D eigenvalue weighted by Crippen LogP contribution is 2.22. The van der Waals surface area contributed by atoms with E-state index in [1.165, 1.54) is 0 Å². The van der Waals surface area contributed by atoms with Gasteiger partial charge in [-0.05, 0) is 5.56 Å². The third-order valence-corrected chi connectivity index (χ3v) is 2.86. The third-order valence-electron chi connectivity index (χ3n) is 2.86. The highest BCUT2D eigenvalue weighted by Gasteiger charge is 2.11. The molecule has 0 radical (unpaired) electrons. The zero-order valence-electron chi connectivity index (χ0n) is 12.4. The van der Waals surface area contributed by atoms with Crippen LogP contribution >= 0.6 is 0 Å². The van der Waals surface area contributed by atoms with E-state index >= 15 is 0 Å². The van der Waals surface area contributed by atoms with Crippen molar-refractivity contribution in [3.63, 3.8) is 0 Å². The van der Waals surface area contributed by atoms with Gasteiger partial charge in [0, 0.05) is 14.1 Å². The van der Waals surface area contributed by atoms with Crippen LogP contribution in [0, 0.1) is 0 Å². The van der Waals surface area contributed by atoms with E-state index in [1.807, 2.05) is 49.3 Å². The van der Waals surface area contributed by atoms with E-state index in [2.05, 4.69) is 24.9 Å². The quantitative estimate of drug-likeness (QED) is 0.576. The van der Waals surface area contributed by atoms with E-state index in [4.69, 9.17) is 4.74 Å². The Kier molecular flexibility index (Phi) is 3.95. The Morgan fingerprint density at radius 3 is 2.82 bits per heavy atom. The van der Waals surface area contributed by atoms with Gasteiger partial charge >= 0.3 is 0 Å². The van der Waals surface area contributed by atoms with Gasteiger partial charge in [-0.15, -0.1) is 0 Å². The molecule has 1 N–H and O–H groups in total. The second-order valence-electron chi connectivity index (χ2n) is 4.91. The Bertz CT molecular complexity index is 781. The maximum absolute atomic E-state index is 5.80. The van der Waals surface area contributed by atoms with E-state index in [1.54, 1.807) is 12.7 Å². The number of benzene rings is 1. The smallest absolute Gasteiger partial charge is 0.256 e. The lowest BCUT2D eigenvalue weighted by Gasteiger charge is -2.07. The van der Waals surface area contributed by atoms with Crippen LogP contribution in [0.1, 0.15) is 5.56 Å². The zero-order valence-corrected chi connectivity index (χ0v) is 12.4. The van der Waals surface area contributed by atoms with Crippen molar-refractivity contribution in [3.8, 4) is 5.88 Å². The van der Waals surface area contributed by atoms with Crippen LogP contribution in [0.15, 0.2) is 41.7 Å². The highest BCUT2D eigenvalue weighted by atomic mass is 16.5. The van der Waals surface area contributed by atoms with Gasteiger partial charge in [0.25, 0.3) is 5.95 Å². The van der Waals surface area contributed by atoms with E-state index < -0.39 is 0 Å². The summed E-state index contributed by atoms with van der Waals surface area (Å²) in [6, 6.07) is 9.90. The predicted molar refractivity (Wildman–Crippen MR) is 84.3 cm³/mol. The van der Waals surface area contributed by atoms with Gasteiger partial charge in [0.15, 0.2) is 5.65 Å². The SMILES string of the molecule is CN(C)/C=N/c1nc(OCc2ccccc2)c2[nH]cnc2n1. The first-order valence-electron chi connectivity index (χ1n) is 6.81. The van der Waals surface area contributed by atoms with Crippen molar-refractivity contribution in [1.29, 1.82) is 0 Å². The van der Waals surface area contributed by atoms with Crippen LogP contribution in [-0.4, -0.2) is 45.3 Å². The predicted octanol–water partition coefficient (Wildman–Crippen LogP) is 2.15. The number of fused-ring (bicyclic) bond motifs is 1. The van der Waals surface area contributed by atoms with Crippen LogP contribution in [-0.2, 0) is 6.61 Å². The Morgan fingerprint density at radius 2 is 2.05 bits per heavy atom. The Labute approximate surface area is 127 Å². The molecule has 0 saturated carbocycles. The molecule has 7 heteroatoms. The number of imidazole rings is 1. The summed E-state index contributed by atoms with van der Waals surface area (Å²) in [7, 11) is 3.76. The molecule has 0 aliphatic rings. The van der Waals surface area contributed by atoms with Crippen LogP contribution in [0.3, 0.4) is 0 Å². The van der Waals surface area contributed by atoms with Crippen LogP contribution in [0.2, 0.25) is 0 Å². The van der Waals surface area contributed by atoms with Crippen molar-refractivity contribution in [2.75, 3.05) is 14.1 Å². The van der Waals surface area contributed by atoms with Crippen LogP contribution < -0.4 is 4.74 Å². The van der Waals surface area contributed by atoms with Gasteiger partial charge in [-0.25, -0.2) is 9.98 Å². The van der Waals surface area contributed by atoms with Gasteiger partial charge in [0.05, 0.1) is 12.7 Å². The summed E-state index contributed by atoms with van der Waals surface area (Å²) in [6.07, 6.45) is 3.20. The molecular formula is C15H16N6O. The van der Waals surface area contributed by atoms with Crippen molar-refractivity contribution in [2.45, 2.75) is 6.61 Å². The number of aromatic amines is 1. The molecule has 3 aromatic rings. The largest absolute Gasteiger partial charge is 0.471 e. The van der Waals surface area contributed by atoms with Crippen LogP contribution in [0.5, 0.6) is 5.88 Å².